The highest BCUT2D eigenvalue weighted by Gasteiger charge is 2.28. The number of hydrogen-bond donors (Lipinski definition) is 1. The van der Waals surface area contributed by atoms with Crippen molar-refractivity contribution < 1.29 is 4.79 Å². The number of carbonyl (C=O) groups excluding carboxylic acids is 1. The molecule has 0 bridgehead atoms. The Labute approximate surface area is 105 Å². The highest BCUT2D eigenvalue weighted by atomic mass is 32.2. The minimum absolute atomic E-state index is 0.123. The second-order valence-electron chi connectivity index (χ2n) is 3.77. The maximum absolute atomic E-state index is 11.6. The summed E-state index contributed by atoms with van der Waals surface area (Å²) in [6, 6.07) is 10.0. The van der Waals surface area contributed by atoms with E-state index in [9.17, 15) is 4.79 Å². The van der Waals surface area contributed by atoms with Crippen LogP contribution in [0.1, 0.15) is 6.92 Å². The number of nitrogens with two attached hydrogens (primary N) is 1. The molecule has 1 heterocycles. The predicted molar refractivity (Wildman–Crippen MR) is 72.3 cm³/mol. The van der Waals surface area contributed by atoms with Crippen LogP contribution in [0.4, 0.5) is 5.69 Å². The second-order valence-corrected chi connectivity index (χ2v) is 4.99. The molecule has 1 aliphatic rings. The summed E-state index contributed by atoms with van der Waals surface area (Å²) in [5.74, 6) is -0.123. The van der Waals surface area contributed by atoms with Gasteiger partial charge in [0.2, 0.25) is 0 Å². The molecule has 17 heavy (non-hydrogen) atoms. The van der Waals surface area contributed by atoms with Crippen molar-refractivity contribution in [2.24, 2.45) is 10.7 Å². The fraction of sp³-hybridized carbons (Fsp3) is 0.333. The molecule has 4 nitrogen and oxygen atoms in total. The van der Waals surface area contributed by atoms with Gasteiger partial charge in [-0.3, -0.25) is 4.79 Å². The molecule has 0 saturated carbocycles. The number of hydrogen-bond acceptors (Lipinski definition) is 4. The predicted octanol–water partition coefficient (Wildman–Crippen LogP) is 1.47. The van der Waals surface area contributed by atoms with Crippen molar-refractivity contribution >= 4 is 28.5 Å². The molecule has 0 radical (unpaired) electrons. The Hall–Kier alpha value is -1.49. The second kappa shape index (κ2) is 5.23. The molecule has 0 aliphatic carbocycles. The Morgan fingerprint density at radius 2 is 2.12 bits per heavy atom. The molecule has 90 valence electrons. The van der Waals surface area contributed by atoms with E-state index in [4.69, 9.17) is 5.73 Å². The summed E-state index contributed by atoms with van der Waals surface area (Å²) in [7, 11) is 0. The Morgan fingerprint density at radius 3 is 2.65 bits per heavy atom. The number of carbonyl (C=O) groups is 1. The first-order chi connectivity index (χ1) is 8.20. The molecule has 5 heteroatoms. The van der Waals surface area contributed by atoms with Gasteiger partial charge in [-0.05, 0) is 19.1 Å². The van der Waals surface area contributed by atoms with Gasteiger partial charge in [-0.15, -0.1) is 0 Å². The first kappa shape index (κ1) is 12.0. The lowest BCUT2D eigenvalue weighted by molar-refractivity contribution is -0.116. The molecule has 2 rings (SSSR count). The van der Waals surface area contributed by atoms with Crippen LogP contribution in [0.25, 0.3) is 0 Å². The molecule has 0 unspecified atom stereocenters. The van der Waals surface area contributed by atoms with Gasteiger partial charge in [0.25, 0.3) is 5.91 Å². The Morgan fingerprint density at radius 1 is 1.41 bits per heavy atom. The number of amidine groups is 1. The van der Waals surface area contributed by atoms with Crippen LogP contribution in [0, 0.1) is 0 Å². The van der Waals surface area contributed by atoms with Crippen LogP contribution in [-0.4, -0.2) is 29.4 Å². The number of benzene rings is 1. The smallest absolute Gasteiger partial charge is 0.263 e. The molecule has 1 amide bonds. The normalized spacial score (nSPS) is 19.2. The van der Waals surface area contributed by atoms with Crippen LogP contribution < -0.4 is 10.6 Å². The van der Waals surface area contributed by atoms with Crippen molar-refractivity contribution in [2.75, 3.05) is 18.0 Å². The van der Waals surface area contributed by atoms with Gasteiger partial charge in [0.15, 0.2) is 5.17 Å². The zero-order chi connectivity index (χ0) is 12.3. The van der Waals surface area contributed by atoms with E-state index in [2.05, 4.69) is 16.8 Å². The fourth-order valence-corrected chi connectivity index (χ4v) is 2.62. The Bertz CT molecular complexity index is 433. The topological polar surface area (TPSA) is 58.7 Å². The van der Waals surface area contributed by atoms with Crippen molar-refractivity contribution in [3.8, 4) is 0 Å². The maximum atomic E-state index is 11.6. The van der Waals surface area contributed by atoms with Gasteiger partial charge in [0.1, 0.15) is 5.25 Å². The molecule has 1 atom stereocenters. The zero-order valence-electron chi connectivity index (χ0n) is 9.67. The number of nitrogens with zero attached hydrogens (tertiary/aromatic N) is 2. The van der Waals surface area contributed by atoms with Gasteiger partial charge in [0.05, 0.1) is 0 Å². The van der Waals surface area contributed by atoms with E-state index >= 15 is 0 Å². The largest absolute Gasteiger partial charge is 0.378 e. The fourth-order valence-electron chi connectivity index (χ4n) is 1.77. The number of rotatable bonds is 4. The lowest BCUT2D eigenvalue weighted by Gasteiger charge is -2.24. The number of para-hydroxylation sites is 1. The average Bonchev–Trinajstić information content (AvgIpc) is 2.66. The molecule has 2 N–H and O–H groups in total. The molecule has 0 fully saturated rings. The van der Waals surface area contributed by atoms with Crippen LogP contribution in [0.3, 0.4) is 0 Å². The Kier molecular flexibility index (Phi) is 3.68. The molecule has 1 aromatic carbocycles. The van der Waals surface area contributed by atoms with Gasteiger partial charge in [-0.2, -0.15) is 4.99 Å². The SMILES string of the molecule is CCN(C[C@H]1SC(N)=NC1=O)c1ccccc1. The van der Waals surface area contributed by atoms with Gasteiger partial charge in [-0.25, -0.2) is 0 Å². The van der Waals surface area contributed by atoms with Crippen molar-refractivity contribution in [3.63, 3.8) is 0 Å². The van der Waals surface area contributed by atoms with Crippen LogP contribution in [-0.2, 0) is 4.79 Å². The third-order valence-corrected chi connectivity index (χ3v) is 3.62. The summed E-state index contributed by atoms with van der Waals surface area (Å²) < 4.78 is 0. The highest BCUT2D eigenvalue weighted by molar-refractivity contribution is 8.15. The number of thioether (sulfide) groups is 1. The van der Waals surface area contributed by atoms with Crippen molar-refractivity contribution in [1.82, 2.24) is 0 Å². The van der Waals surface area contributed by atoms with Crippen molar-refractivity contribution in [2.45, 2.75) is 12.2 Å². The summed E-state index contributed by atoms with van der Waals surface area (Å²) in [5.41, 5.74) is 6.66. The third-order valence-electron chi connectivity index (χ3n) is 2.65. The van der Waals surface area contributed by atoms with Crippen LogP contribution in [0.5, 0.6) is 0 Å². The van der Waals surface area contributed by atoms with Crippen LogP contribution in [0.2, 0.25) is 0 Å². The van der Waals surface area contributed by atoms with Crippen molar-refractivity contribution in [1.29, 1.82) is 0 Å². The maximum Gasteiger partial charge on any atom is 0.263 e. The number of amides is 1. The summed E-state index contributed by atoms with van der Waals surface area (Å²) in [4.78, 5) is 17.5. The van der Waals surface area contributed by atoms with Gasteiger partial charge in [0, 0.05) is 18.8 Å². The number of anilines is 1. The first-order valence-corrected chi connectivity index (χ1v) is 6.43. The van der Waals surface area contributed by atoms with E-state index in [0.717, 1.165) is 12.2 Å². The van der Waals surface area contributed by atoms with Crippen LogP contribution in [0.15, 0.2) is 35.3 Å². The first-order valence-electron chi connectivity index (χ1n) is 5.55. The van der Waals surface area contributed by atoms with E-state index in [1.165, 1.54) is 11.8 Å². The van der Waals surface area contributed by atoms with Gasteiger partial charge < -0.3 is 10.6 Å². The molecular weight excluding hydrogens is 234 g/mol. The summed E-state index contributed by atoms with van der Waals surface area (Å²) in [6.45, 7) is 3.57. The quantitative estimate of drug-likeness (QED) is 0.878. The highest BCUT2D eigenvalue weighted by Crippen LogP contribution is 2.23. The molecule has 0 saturated heterocycles. The van der Waals surface area contributed by atoms with Crippen molar-refractivity contribution in [3.05, 3.63) is 30.3 Å². The number of aliphatic imine (C=N–C) groups is 1. The van der Waals surface area contributed by atoms with E-state index in [-0.39, 0.29) is 11.2 Å². The molecule has 1 aliphatic heterocycles. The minimum Gasteiger partial charge on any atom is -0.378 e. The van der Waals surface area contributed by atoms with E-state index in [1.54, 1.807) is 0 Å². The summed E-state index contributed by atoms with van der Waals surface area (Å²) >= 11 is 1.35. The molecule has 0 spiro atoms. The summed E-state index contributed by atoms with van der Waals surface area (Å²) in [5, 5.41) is 0.208. The van der Waals surface area contributed by atoms with E-state index < -0.39 is 0 Å². The van der Waals surface area contributed by atoms with E-state index in [1.807, 2.05) is 30.3 Å². The monoisotopic (exact) mass is 249 g/mol. The molecule has 0 aromatic heterocycles. The summed E-state index contributed by atoms with van der Waals surface area (Å²) in [6.07, 6.45) is 0. The molecular formula is C12H15N3OS. The Balaban J connectivity index is 2.05. The lowest BCUT2D eigenvalue weighted by Crippen LogP contribution is -2.33. The average molecular weight is 249 g/mol. The zero-order valence-corrected chi connectivity index (χ0v) is 10.5. The minimum atomic E-state index is -0.171. The van der Waals surface area contributed by atoms with Gasteiger partial charge in [-0.1, -0.05) is 30.0 Å². The van der Waals surface area contributed by atoms with Crippen LogP contribution >= 0.6 is 11.8 Å². The van der Waals surface area contributed by atoms with E-state index in [0.29, 0.717) is 11.7 Å². The van der Waals surface area contributed by atoms with Gasteiger partial charge >= 0.3 is 0 Å². The molecule has 1 aromatic rings. The lowest BCUT2D eigenvalue weighted by atomic mass is 10.2. The third kappa shape index (κ3) is 2.79. The standard InChI is InChI=1S/C12H15N3OS/c1-2-15(9-6-4-3-5-7-9)8-10-11(16)14-12(13)17-10/h3-7,10H,2,8H2,1H3,(H2,13,14,16)/t10-/m1/s1.